The highest BCUT2D eigenvalue weighted by Gasteiger charge is 2.28. The largest absolute Gasteiger partial charge is 0.335 e. The summed E-state index contributed by atoms with van der Waals surface area (Å²) in [6.45, 7) is 3.48. The molecule has 1 aromatic rings. The summed E-state index contributed by atoms with van der Waals surface area (Å²) in [5.74, 6) is -3.11. The number of hydrogen-bond acceptors (Lipinski definition) is 3. The molecular weight excluding hydrogens is 294 g/mol. The second-order valence-electron chi connectivity index (χ2n) is 4.32. The summed E-state index contributed by atoms with van der Waals surface area (Å²) in [6.07, 6.45) is 0. The first kappa shape index (κ1) is 16.3. The van der Waals surface area contributed by atoms with Crippen molar-refractivity contribution >= 4 is 23.2 Å². The van der Waals surface area contributed by atoms with Gasteiger partial charge in [0.1, 0.15) is 5.82 Å². The molecule has 0 N–H and O–H groups in total. The van der Waals surface area contributed by atoms with Gasteiger partial charge in [-0.25, -0.2) is 4.39 Å². The Kier molecular flexibility index (Phi) is 5.38. The normalized spacial score (nSPS) is 10.7. The average molecular weight is 307 g/mol. The summed E-state index contributed by atoms with van der Waals surface area (Å²) in [5, 5.41) is 10.6. The number of nitro groups is 1. The Morgan fingerprint density at radius 2 is 2.05 bits per heavy atom. The molecule has 20 heavy (non-hydrogen) atoms. The lowest BCUT2D eigenvalue weighted by Crippen LogP contribution is -2.39. The van der Waals surface area contributed by atoms with Crippen LogP contribution in [0.1, 0.15) is 24.2 Å². The van der Waals surface area contributed by atoms with Crippen molar-refractivity contribution in [3.8, 4) is 0 Å². The van der Waals surface area contributed by atoms with Crippen LogP contribution >= 0.6 is 11.6 Å². The Morgan fingerprint density at radius 3 is 2.50 bits per heavy atom. The van der Waals surface area contributed by atoms with Gasteiger partial charge in [-0.2, -0.15) is 4.39 Å². The van der Waals surface area contributed by atoms with Gasteiger partial charge in [0.2, 0.25) is 5.82 Å². The molecule has 0 unspecified atom stereocenters. The summed E-state index contributed by atoms with van der Waals surface area (Å²) in [4.78, 5) is 22.9. The van der Waals surface area contributed by atoms with Crippen molar-refractivity contribution < 1.29 is 18.5 Å². The molecule has 0 aromatic heterocycles. The van der Waals surface area contributed by atoms with Crippen molar-refractivity contribution in [3.05, 3.63) is 39.4 Å². The molecule has 0 atom stereocenters. The molecule has 1 rings (SSSR count). The Bertz CT molecular complexity index is 538. The number of carbonyl (C=O) groups excluding carboxylic acids is 1. The Morgan fingerprint density at radius 1 is 1.45 bits per heavy atom. The van der Waals surface area contributed by atoms with Crippen LogP contribution < -0.4 is 0 Å². The highest BCUT2D eigenvalue weighted by atomic mass is 35.5. The molecule has 5 nitrogen and oxygen atoms in total. The molecule has 1 aromatic carbocycles. The molecule has 0 aliphatic heterocycles. The molecule has 0 radical (unpaired) electrons. The maximum Gasteiger partial charge on any atom is 0.308 e. The van der Waals surface area contributed by atoms with Crippen molar-refractivity contribution in [1.82, 2.24) is 4.90 Å². The van der Waals surface area contributed by atoms with Gasteiger partial charge in [-0.05, 0) is 19.9 Å². The molecule has 1 amide bonds. The number of nitrogens with zero attached hydrogens (tertiary/aromatic N) is 2. The third-order valence-corrected chi connectivity index (χ3v) is 2.82. The fourth-order valence-corrected chi connectivity index (χ4v) is 1.89. The molecule has 0 bridgehead atoms. The molecule has 0 aliphatic carbocycles. The van der Waals surface area contributed by atoms with E-state index in [4.69, 9.17) is 11.6 Å². The van der Waals surface area contributed by atoms with Crippen LogP contribution in [-0.2, 0) is 0 Å². The molecule has 110 valence electrons. The maximum atomic E-state index is 13.9. The maximum absolute atomic E-state index is 13.9. The van der Waals surface area contributed by atoms with Crippen LogP contribution in [-0.4, -0.2) is 34.2 Å². The molecule has 8 heteroatoms. The summed E-state index contributed by atoms with van der Waals surface area (Å²) in [6, 6.07) is 0.782. The summed E-state index contributed by atoms with van der Waals surface area (Å²) >= 11 is 5.55. The minimum Gasteiger partial charge on any atom is -0.335 e. The highest BCUT2D eigenvalue weighted by Crippen LogP contribution is 2.24. The van der Waals surface area contributed by atoms with Crippen molar-refractivity contribution in [2.75, 3.05) is 12.4 Å². The van der Waals surface area contributed by atoms with Gasteiger partial charge in [0, 0.05) is 18.5 Å². The molecule has 0 saturated carbocycles. The van der Waals surface area contributed by atoms with Crippen LogP contribution in [0, 0.1) is 21.7 Å². The SMILES string of the molecule is CC(C)N(CCCl)C(=O)c1cc(F)cc([N+](=O)[O-])c1F. The Labute approximate surface area is 119 Å². The molecule has 0 fully saturated rings. The molecule has 0 spiro atoms. The number of amides is 1. The van der Waals surface area contributed by atoms with E-state index in [1.54, 1.807) is 13.8 Å². The van der Waals surface area contributed by atoms with Crippen LogP contribution in [0.4, 0.5) is 14.5 Å². The van der Waals surface area contributed by atoms with E-state index in [-0.39, 0.29) is 18.5 Å². The lowest BCUT2D eigenvalue weighted by Gasteiger charge is -2.26. The minimum absolute atomic E-state index is 0.114. The zero-order chi connectivity index (χ0) is 15.4. The standard InChI is InChI=1S/C12H13ClF2N2O3/c1-7(2)16(4-3-13)12(18)9-5-8(14)6-10(11(9)15)17(19)20/h5-7H,3-4H2,1-2H3. The van der Waals surface area contributed by atoms with Gasteiger partial charge in [-0.3, -0.25) is 14.9 Å². The van der Waals surface area contributed by atoms with Crippen molar-refractivity contribution in [3.63, 3.8) is 0 Å². The van der Waals surface area contributed by atoms with E-state index in [9.17, 15) is 23.7 Å². The zero-order valence-electron chi connectivity index (χ0n) is 10.9. The monoisotopic (exact) mass is 306 g/mol. The van der Waals surface area contributed by atoms with E-state index < -0.39 is 33.7 Å². The highest BCUT2D eigenvalue weighted by molar-refractivity contribution is 6.18. The number of alkyl halides is 1. The van der Waals surface area contributed by atoms with Crippen molar-refractivity contribution in [2.45, 2.75) is 19.9 Å². The van der Waals surface area contributed by atoms with E-state index in [0.29, 0.717) is 12.1 Å². The predicted octanol–water partition coefficient (Wildman–Crippen LogP) is 2.96. The van der Waals surface area contributed by atoms with Gasteiger partial charge in [0.15, 0.2) is 0 Å². The second kappa shape index (κ2) is 6.60. The second-order valence-corrected chi connectivity index (χ2v) is 4.70. The predicted molar refractivity (Wildman–Crippen MR) is 69.9 cm³/mol. The number of hydrogen-bond donors (Lipinski definition) is 0. The molecule has 0 aliphatic rings. The zero-order valence-corrected chi connectivity index (χ0v) is 11.7. The molecule has 0 heterocycles. The minimum atomic E-state index is -1.35. The van der Waals surface area contributed by atoms with Crippen molar-refractivity contribution in [2.24, 2.45) is 0 Å². The smallest absolute Gasteiger partial charge is 0.308 e. The Balaban J connectivity index is 3.31. The van der Waals surface area contributed by atoms with Crippen LogP contribution in [0.3, 0.4) is 0 Å². The third kappa shape index (κ3) is 3.41. The van der Waals surface area contributed by atoms with E-state index in [1.807, 2.05) is 0 Å². The van der Waals surface area contributed by atoms with Gasteiger partial charge in [0.25, 0.3) is 5.91 Å². The first-order valence-corrected chi connectivity index (χ1v) is 6.33. The topological polar surface area (TPSA) is 63.5 Å². The van der Waals surface area contributed by atoms with Gasteiger partial charge < -0.3 is 4.90 Å². The van der Waals surface area contributed by atoms with E-state index in [2.05, 4.69) is 0 Å². The number of carbonyl (C=O) groups is 1. The fourth-order valence-electron chi connectivity index (χ4n) is 1.70. The van der Waals surface area contributed by atoms with Gasteiger partial charge in [-0.15, -0.1) is 11.6 Å². The first-order chi connectivity index (χ1) is 9.29. The van der Waals surface area contributed by atoms with E-state index in [1.165, 1.54) is 4.90 Å². The van der Waals surface area contributed by atoms with E-state index >= 15 is 0 Å². The lowest BCUT2D eigenvalue weighted by atomic mass is 10.1. The molecule has 0 saturated heterocycles. The van der Waals surface area contributed by atoms with Gasteiger partial charge >= 0.3 is 5.69 Å². The summed E-state index contributed by atoms with van der Waals surface area (Å²) < 4.78 is 27.2. The summed E-state index contributed by atoms with van der Waals surface area (Å²) in [7, 11) is 0. The lowest BCUT2D eigenvalue weighted by molar-refractivity contribution is -0.387. The van der Waals surface area contributed by atoms with Crippen LogP contribution in [0.15, 0.2) is 12.1 Å². The molecular formula is C12H13ClF2N2O3. The van der Waals surface area contributed by atoms with E-state index in [0.717, 1.165) is 0 Å². The average Bonchev–Trinajstić information content (AvgIpc) is 2.36. The summed E-state index contributed by atoms with van der Waals surface area (Å²) in [5.41, 5.74) is -1.74. The van der Waals surface area contributed by atoms with Gasteiger partial charge in [-0.1, -0.05) is 0 Å². The first-order valence-electron chi connectivity index (χ1n) is 5.80. The quantitative estimate of drug-likeness (QED) is 0.477. The van der Waals surface area contributed by atoms with Gasteiger partial charge in [0.05, 0.1) is 16.6 Å². The van der Waals surface area contributed by atoms with Crippen LogP contribution in [0.25, 0.3) is 0 Å². The number of rotatable bonds is 5. The van der Waals surface area contributed by atoms with Crippen molar-refractivity contribution in [1.29, 1.82) is 0 Å². The third-order valence-electron chi connectivity index (χ3n) is 2.65. The van der Waals surface area contributed by atoms with Crippen LogP contribution in [0.5, 0.6) is 0 Å². The van der Waals surface area contributed by atoms with Crippen LogP contribution in [0.2, 0.25) is 0 Å². The fraction of sp³-hybridized carbons (Fsp3) is 0.417. The number of nitro benzene ring substituents is 1. The number of benzene rings is 1. The number of halogens is 3. The Hall–Kier alpha value is -1.76.